The van der Waals surface area contributed by atoms with Crippen LogP contribution in [0, 0.1) is 0 Å². The molecule has 0 N–H and O–H groups in total. The normalized spacial score (nSPS) is 17.5. The van der Waals surface area contributed by atoms with E-state index in [-0.39, 0.29) is 0 Å². The summed E-state index contributed by atoms with van der Waals surface area (Å²) in [6.45, 7) is 9.47. The summed E-state index contributed by atoms with van der Waals surface area (Å²) in [5.74, 6) is 0. The van der Waals surface area contributed by atoms with E-state index in [0.29, 0.717) is 52.9 Å². The van der Waals surface area contributed by atoms with Gasteiger partial charge in [-0.1, -0.05) is 24.3 Å². The molecule has 0 aromatic carbocycles. The second-order valence-electron chi connectivity index (χ2n) is 10.5. The summed E-state index contributed by atoms with van der Waals surface area (Å²) < 4.78 is 23.7. The first-order valence-electron chi connectivity index (χ1n) is 15.3. The zero-order chi connectivity index (χ0) is 30.1. The van der Waals surface area contributed by atoms with Crippen molar-refractivity contribution in [3.05, 3.63) is 96.6 Å². The van der Waals surface area contributed by atoms with Crippen molar-refractivity contribution < 1.29 is 18.9 Å². The van der Waals surface area contributed by atoms with Gasteiger partial charge in [-0.05, 0) is 47.5 Å². The van der Waals surface area contributed by atoms with Crippen LogP contribution >= 0.6 is 0 Å². The Morgan fingerprint density at radius 3 is 1.14 bits per heavy atom. The molecule has 4 aromatic heterocycles. The van der Waals surface area contributed by atoms with E-state index in [1.807, 2.05) is 60.9 Å². The van der Waals surface area contributed by atoms with Crippen LogP contribution in [0.2, 0.25) is 0 Å². The van der Waals surface area contributed by atoms with Crippen LogP contribution in [-0.4, -0.2) is 109 Å². The van der Waals surface area contributed by atoms with Gasteiger partial charge in [0.2, 0.25) is 0 Å². The Morgan fingerprint density at radius 1 is 0.432 bits per heavy atom. The zero-order valence-corrected chi connectivity index (χ0v) is 25.3. The fourth-order valence-corrected chi connectivity index (χ4v) is 4.84. The molecule has 0 bridgehead atoms. The number of aromatic nitrogens is 4. The van der Waals surface area contributed by atoms with Crippen LogP contribution in [0.25, 0.3) is 22.8 Å². The van der Waals surface area contributed by atoms with Crippen molar-refractivity contribution in [3.63, 3.8) is 0 Å². The molecule has 1 aliphatic heterocycles. The van der Waals surface area contributed by atoms with Crippen molar-refractivity contribution in [1.29, 1.82) is 0 Å². The molecule has 1 aliphatic rings. The molecule has 4 aromatic rings. The summed E-state index contributed by atoms with van der Waals surface area (Å²) in [7, 11) is 0. The van der Waals surface area contributed by atoms with E-state index in [2.05, 4.69) is 41.9 Å². The SMILES string of the molecule is c1ccc(-c2ccc(CN3CCOCCOCCN(Cc4ccc(-c5ccccn5)nc4)CCOCCOCC3)cn2)nc1. The molecule has 0 saturated carbocycles. The van der Waals surface area contributed by atoms with E-state index in [9.17, 15) is 0 Å². The molecular weight excluding hydrogens is 556 g/mol. The Morgan fingerprint density at radius 2 is 0.818 bits per heavy atom. The van der Waals surface area contributed by atoms with E-state index in [1.54, 1.807) is 12.4 Å². The Kier molecular flexibility index (Phi) is 13.2. The van der Waals surface area contributed by atoms with Crippen molar-refractivity contribution in [3.8, 4) is 22.8 Å². The maximum Gasteiger partial charge on any atom is 0.0886 e. The molecule has 232 valence electrons. The molecule has 1 saturated heterocycles. The van der Waals surface area contributed by atoms with Crippen LogP contribution in [-0.2, 0) is 32.0 Å². The number of ether oxygens (including phenoxy) is 4. The lowest BCUT2D eigenvalue weighted by atomic mass is 10.2. The highest BCUT2D eigenvalue weighted by molar-refractivity contribution is 5.54. The van der Waals surface area contributed by atoms with Gasteiger partial charge >= 0.3 is 0 Å². The van der Waals surface area contributed by atoms with Crippen molar-refractivity contribution in [2.75, 3.05) is 79.0 Å². The Hall–Kier alpha value is -3.64. The first-order chi connectivity index (χ1) is 21.8. The Bertz CT molecular complexity index is 1200. The van der Waals surface area contributed by atoms with Crippen LogP contribution in [0.15, 0.2) is 85.5 Å². The molecule has 0 amide bonds. The van der Waals surface area contributed by atoms with Gasteiger partial charge in [-0.25, -0.2) is 0 Å². The van der Waals surface area contributed by atoms with E-state index < -0.39 is 0 Å². The van der Waals surface area contributed by atoms with E-state index in [0.717, 1.165) is 73.2 Å². The smallest absolute Gasteiger partial charge is 0.0886 e. The molecule has 1 fully saturated rings. The van der Waals surface area contributed by atoms with Gasteiger partial charge < -0.3 is 18.9 Å². The van der Waals surface area contributed by atoms with Gasteiger partial charge in [-0.3, -0.25) is 29.7 Å². The first kappa shape index (κ1) is 31.8. The topological polar surface area (TPSA) is 95.0 Å². The number of pyridine rings is 4. The predicted molar refractivity (Wildman–Crippen MR) is 169 cm³/mol. The summed E-state index contributed by atoms with van der Waals surface area (Å²) in [5.41, 5.74) is 5.77. The Balaban J connectivity index is 1.07. The predicted octanol–water partition coefficient (Wildman–Crippen LogP) is 3.98. The number of rotatable bonds is 6. The van der Waals surface area contributed by atoms with Gasteiger partial charge in [0.25, 0.3) is 0 Å². The minimum absolute atomic E-state index is 0.562. The summed E-state index contributed by atoms with van der Waals surface area (Å²) >= 11 is 0. The number of hydrogen-bond donors (Lipinski definition) is 0. The maximum absolute atomic E-state index is 5.92. The molecule has 5 heterocycles. The molecule has 10 nitrogen and oxygen atoms in total. The van der Waals surface area contributed by atoms with Crippen molar-refractivity contribution in [2.45, 2.75) is 13.1 Å². The minimum Gasteiger partial charge on any atom is -0.378 e. The lowest BCUT2D eigenvalue weighted by Crippen LogP contribution is -2.32. The van der Waals surface area contributed by atoms with E-state index in [4.69, 9.17) is 18.9 Å². The fourth-order valence-electron chi connectivity index (χ4n) is 4.84. The van der Waals surface area contributed by atoms with Gasteiger partial charge in [-0.2, -0.15) is 0 Å². The third-order valence-electron chi connectivity index (χ3n) is 7.27. The van der Waals surface area contributed by atoms with Crippen LogP contribution in [0.1, 0.15) is 11.1 Å². The van der Waals surface area contributed by atoms with Crippen LogP contribution in [0.4, 0.5) is 0 Å². The van der Waals surface area contributed by atoms with Gasteiger partial charge in [0.15, 0.2) is 0 Å². The quantitative estimate of drug-likeness (QED) is 0.324. The highest BCUT2D eigenvalue weighted by Gasteiger charge is 2.11. The van der Waals surface area contributed by atoms with E-state index in [1.165, 1.54) is 0 Å². The lowest BCUT2D eigenvalue weighted by molar-refractivity contribution is 0.00622. The number of nitrogens with zero attached hydrogens (tertiary/aromatic N) is 6. The fraction of sp³-hybridized carbons (Fsp3) is 0.412. The number of hydrogen-bond acceptors (Lipinski definition) is 10. The molecule has 0 atom stereocenters. The average Bonchev–Trinajstić information content (AvgIpc) is 3.08. The molecule has 5 rings (SSSR count). The average molecular weight is 599 g/mol. The summed E-state index contributed by atoms with van der Waals surface area (Å²) in [6.07, 6.45) is 7.42. The van der Waals surface area contributed by atoms with Gasteiger partial charge in [0.1, 0.15) is 0 Å². The Labute approximate surface area is 260 Å². The van der Waals surface area contributed by atoms with Crippen LogP contribution in [0.5, 0.6) is 0 Å². The second-order valence-corrected chi connectivity index (χ2v) is 10.5. The summed E-state index contributed by atoms with van der Waals surface area (Å²) in [6, 6.07) is 20.0. The molecule has 0 radical (unpaired) electrons. The highest BCUT2D eigenvalue weighted by atomic mass is 16.5. The molecule has 10 heteroatoms. The van der Waals surface area contributed by atoms with Crippen LogP contribution < -0.4 is 0 Å². The minimum atomic E-state index is 0.562. The third-order valence-corrected chi connectivity index (χ3v) is 7.27. The van der Waals surface area contributed by atoms with Gasteiger partial charge in [0, 0.05) is 64.1 Å². The lowest BCUT2D eigenvalue weighted by Gasteiger charge is -2.24. The molecule has 0 aliphatic carbocycles. The first-order valence-corrected chi connectivity index (χ1v) is 15.3. The van der Waals surface area contributed by atoms with Gasteiger partial charge in [0.05, 0.1) is 75.6 Å². The van der Waals surface area contributed by atoms with Crippen molar-refractivity contribution in [2.24, 2.45) is 0 Å². The molecular formula is C34H42N6O4. The second kappa shape index (κ2) is 18.2. The molecule has 0 spiro atoms. The third kappa shape index (κ3) is 10.8. The summed E-state index contributed by atoms with van der Waals surface area (Å²) in [4.78, 5) is 22.7. The van der Waals surface area contributed by atoms with Crippen LogP contribution in [0.3, 0.4) is 0 Å². The monoisotopic (exact) mass is 598 g/mol. The van der Waals surface area contributed by atoms with Crippen molar-refractivity contribution >= 4 is 0 Å². The van der Waals surface area contributed by atoms with Crippen molar-refractivity contribution in [1.82, 2.24) is 29.7 Å². The highest BCUT2D eigenvalue weighted by Crippen LogP contribution is 2.16. The maximum atomic E-state index is 5.92. The standard InChI is InChI=1S/C34H42N6O4/c1-3-11-35-31(5-1)33-9-7-29(25-37-33)27-39-13-17-41-21-23-43-19-15-40(16-20-44-24-22-42-18-14-39)28-30-8-10-34(38-26-30)32-6-2-4-12-36-32/h1-12,25-26H,13-24,27-28H2. The molecule has 44 heavy (non-hydrogen) atoms. The molecule has 0 unspecified atom stereocenters. The van der Waals surface area contributed by atoms with E-state index >= 15 is 0 Å². The summed E-state index contributed by atoms with van der Waals surface area (Å²) in [5, 5.41) is 0. The largest absolute Gasteiger partial charge is 0.378 e. The van der Waals surface area contributed by atoms with Gasteiger partial charge in [-0.15, -0.1) is 0 Å². The zero-order valence-electron chi connectivity index (χ0n) is 25.3.